The monoisotopic (exact) mass is 236 g/mol. The summed E-state index contributed by atoms with van der Waals surface area (Å²) in [7, 11) is 0. The minimum atomic E-state index is 0.895. The fourth-order valence-electron chi connectivity index (χ4n) is 3.55. The summed E-state index contributed by atoms with van der Waals surface area (Å²) in [6.45, 7) is 5.44. The SMILES string of the molecule is C1CCC(CN2CCC(CNC3CC3)CC2)C1. The number of hydrogen-bond donors (Lipinski definition) is 1. The summed E-state index contributed by atoms with van der Waals surface area (Å²) < 4.78 is 0. The molecule has 2 heteroatoms. The molecule has 3 rings (SSSR count). The van der Waals surface area contributed by atoms with Gasteiger partial charge in [0.1, 0.15) is 0 Å². The molecule has 1 aliphatic heterocycles. The molecule has 0 aromatic rings. The van der Waals surface area contributed by atoms with Gasteiger partial charge in [-0.15, -0.1) is 0 Å². The number of nitrogens with one attached hydrogen (secondary N) is 1. The van der Waals surface area contributed by atoms with Crippen molar-refractivity contribution < 1.29 is 0 Å². The van der Waals surface area contributed by atoms with Crippen molar-refractivity contribution in [2.75, 3.05) is 26.2 Å². The Hall–Kier alpha value is -0.0800. The van der Waals surface area contributed by atoms with Gasteiger partial charge in [-0.3, -0.25) is 0 Å². The van der Waals surface area contributed by atoms with Gasteiger partial charge in [-0.2, -0.15) is 0 Å². The van der Waals surface area contributed by atoms with Crippen LogP contribution in [0.25, 0.3) is 0 Å². The van der Waals surface area contributed by atoms with Gasteiger partial charge >= 0.3 is 0 Å². The Morgan fingerprint density at radius 3 is 2.18 bits per heavy atom. The fraction of sp³-hybridized carbons (Fsp3) is 1.00. The number of hydrogen-bond acceptors (Lipinski definition) is 2. The van der Waals surface area contributed by atoms with E-state index in [1.54, 1.807) is 0 Å². The standard InChI is InChI=1S/C15H28N2/c1-2-4-14(3-1)12-17-9-7-13(8-10-17)11-16-15-5-6-15/h13-16H,1-12H2. The first-order chi connectivity index (χ1) is 8.40. The summed E-state index contributed by atoms with van der Waals surface area (Å²) in [5.74, 6) is 2.01. The van der Waals surface area contributed by atoms with Gasteiger partial charge in [0.2, 0.25) is 0 Å². The minimum absolute atomic E-state index is 0.895. The van der Waals surface area contributed by atoms with Gasteiger partial charge in [0.15, 0.2) is 0 Å². The first-order valence-corrected chi connectivity index (χ1v) is 7.86. The molecule has 1 heterocycles. The van der Waals surface area contributed by atoms with E-state index < -0.39 is 0 Å². The van der Waals surface area contributed by atoms with Crippen molar-refractivity contribution in [3.63, 3.8) is 0 Å². The molecular formula is C15H28N2. The molecule has 0 aromatic carbocycles. The van der Waals surface area contributed by atoms with Crippen LogP contribution in [0.3, 0.4) is 0 Å². The Bertz CT molecular complexity index is 223. The van der Waals surface area contributed by atoms with Crippen molar-refractivity contribution >= 4 is 0 Å². The van der Waals surface area contributed by atoms with Gasteiger partial charge in [-0.1, -0.05) is 12.8 Å². The quantitative estimate of drug-likeness (QED) is 0.789. The average molecular weight is 236 g/mol. The number of nitrogens with zero attached hydrogens (tertiary/aromatic N) is 1. The van der Waals surface area contributed by atoms with E-state index >= 15 is 0 Å². The van der Waals surface area contributed by atoms with Gasteiger partial charge in [0.25, 0.3) is 0 Å². The third kappa shape index (κ3) is 3.69. The van der Waals surface area contributed by atoms with Crippen LogP contribution in [0.4, 0.5) is 0 Å². The Kier molecular flexibility index (Phi) is 4.02. The first-order valence-electron chi connectivity index (χ1n) is 7.86. The Morgan fingerprint density at radius 1 is 0.824 bits per heavy atom. The smallest absolute Gasteiger partial charge is 0.00683 e. The molecule has 2 nitrogen and oxygen atoms in total. The zero-order valence-corrected chi connectivity index (χ0v) is 11.2. The molecule has 2 aliphatic carbocycles. The second-order valence-electron chi connectivity index (χ2n) is 6.58. The highest BCUT2D eigenvalue weighted by Gasteiger charge is 2.25. The maximum absolute atomic E-state index is 3.70. The predicted molar refractivity (Wildman–Crippen MR) is 72.1 cm³/mol. The van der Waals surface area contributed by atoms with E-state index in [4.69, 9.17) is 0 Å². The second-order valence-corrected chi connectivity index (χ2v) is 6.58. The molecule has 1 N–H and O–H groups in total. The third-order valence-corrected chi connectivity index (χ3v) is 4.97. The summed E-state index contributed by atoms with van der Waals surface area (Å²) in [5.41, 5.74) is 0. The van der Waals surface area contributed by atoms with E-state index in [0.717, 1.165) is 17.9 Å². The van der Waals surface area contributed by atoms with Crippen LogP contribution in [0.2, 0.25) is 0 Å². The van der Waals surface area contributed by atoms with E-state index in [-0.39, 0.29) is 0 Å². The highest BCUT2D eigenvalue weighted by atomic mass is 15.1. The highest BCUT2D eigenvalue weighted by molar-refractivity contribution is 4.83. The average Bonchev–Trinajstić information content (AvgIpc) is 3.05. The molecule has 0 bridgehead atoms. The van der Waals surface area contributed by atoms with Crippen molar-refractivity contribution in [2.45, 2.75) is 57.4 Å². The molecule has 0 spiro atoms. The molecule has 0 radical (unpaired) electrons. The van der Waals surface area contributed by atoms with Gasteiger partial charge in [0.05, 0.1) is 0 Å². The molecule has 17 heavy (non-hydrogen) atoms. The summed E-state index contributed by atoms with van der Waals surface area (Å²) in [6.07, 6.45) is 11.7. The summed E-state index contributed by atoms with van der Waals surface area (Å²) in [4.78, 5) is 2.74. The molecule has 0 atom stereocenters. The van der Waals surface area contributed by atoms with E-state index in [9.17, 15) is 0 Å². The number of rotatable bonds is 5. The lowest BCUT2D eigenvalue weighted by Crippen LogP contribution is -2.39. The molecule has 3 aliphatic rings. The predicted octanol–water partition coefficient (Wildman–Crippen LogP) is 2.64. The minimum Gasteiger partial charge on any atom is -0.314 e. The lowest BCUT2D eigenvalue weighted by Gasteiger charge is -2.33. The van der Waals surface area contributed by atoms with E-state index in [0.29, 0.717) is 0 Å². The molecule has 3 fully saturated rings. The summed E-state index contributed by atoms with van der Waals surface area (Å²) in [6, 6.07) is 0.895. The van der Waals surface area contributed by atoms with Crippen molar-refractivity contribution in [2.24, 2.45) is 11.8 Å². The van der Waals surface area contributed by atoms with Crippen LogP contribution < -0.4 is 5.32 Å². The van der Waals surface area contributed by atoms with E-state index in [2.05, 4.69) is 10.2 Å². The van der Waals surface area contributed by atoms with Crippen molar-refractivity contribution in [3.05, 3.63) is 0 Å². The zero-order chi connectivity index (χ0) is 11.5. The topological polar surface area (TPSA) is 15.3 Å². The molecule has 0 unspecified atom stereocenters. The molecule has 2 saturated carbocycles. The number of piperidine rings is 1. The third-order valence-electron chi connectivity index (χ3n) is 4.97. The van der Waals surface area contributed by atoms with Gasteiger partial charge in [-0.25, -0.2) is 0 Å². The lowest BCUT2D eigenvalue weighted by molar-refractivity contribution is 0.159. The van der Waals surface area contributed by atoms with Crippen LogP contribution >= 0.6 is 0 Å². The Balaban J connectivity index is 1.31. The molecule has 1 saturated heterocycles. The largest absolute Gasteiger partial charge is 0.314 e. The van der Waals surface area contributed by atoms with Crippen molar-refractivity contribution in [1.82, 2.24) is 10.2 Å². The summed E-state index contributed by atoms with van der Waals surface area (Å²) in [5, 5.41) is 3.70. The van der Waals surface area contributed by atoms with Crippen LogP contribution in [0, 0.1) is 11.8 Å². The van der Waals surface area contributed by atoms with Crippen molar-refractivity contribution in [3.8, 4) is 0 Å². The zero-order valence-electron chi connectivity index (χ0n) is 11.2. The Labute approximate surface area is 106 Å². The summed E-state index contributed by atoms with van der Waals surface area (Å²) >= 11 is 0. The van der Waals surface area contributed by atoms with Gasteiger partial charge in [0, 0.05) is 12.6 Å². The van der Waals surface area contributed by atoms with Crippen LogP contribution in [0.1, 0.15) is 51.4 Å². The van der Waals surface area contributed by atoms with Crippen LogP contribution in [0.5, 0.6) is 0 Å². The van der Waals surface area contributed by atoms with Gasteiger partial charge < -0.3 is 10.2 Å². The normalized spacial score (nSPS) is 28.9. The number of likely N-dealkylation sites (tertiary alicyclic amines) is 1. The molecule has 0 amide bonds. The van der Waals surface area contributed by atoms with Gasteiger partial charge in [-0.05, 0) is 70.0 Å². The maximum atomic E-state index is 3.70. The Morgan fingerprint density at radius 2 is 1.53 bits per heavy atom. The van der Waals surface area contributed by atoms with E-state index in [1.165, 1.54) is 77.5 Å². The van der Waals surface area contributed by atoms with Crippen molar-refractivity contribution in [1.29, 1.82) is 0 Å². The lowest BCUT2D eigenvalue weighted by atomic mass is 9.95. The van der Waals surface area contributed by atoms with Crippen LogP contribution in [-0.4, -0.2) is 37.1 Å². The maximum Gasteiger partial charge on any atom is 0.00683 e. The first kappa shape index (κ1) is 12.0. The van der Waals surface area contributed by atoms with Crippen LogP contribution in [-0.2, 0) is 0 Å². The van der Waals surface area contributed by atoms with E-state index in [1.807, 2.05) is 0 Å². The fourth-order valence-corrected chi connectivity index (χ4v) is 3.55. The molecule has 98 valence electrons. The van der Waals surface area contributed by atoms with Crippen LogP contribution in [0.15, 0.2) is 0 Å². The molecular weight excluding hydrogens is 208 g/mol. The molecule has 0 aromatic heterocycles. The second kappa shape index (κ2) is 5.71. The highest BCUT2D eigenvalue weighted by Crippen LogP contribution is 2.27.